The number of nitrogens with zero attached hydrogens (tertiary/aromatic N) is 2. The third kappa shape index (κ3) is 3.51. The van der Waals surface area contributed by atoms with Crippen LogP contribution in [0.15, 0.2) is 30.3 Å². The molecule has 1 aromatic carbocycles. The molecule has 0 radical (unpaired) electrons. The van der Waals surface area contributed by atoms with Crippen molar-refractivity contribution in [3.05, 3.63) is 47.2 Å². The highest BCUT2D eigenvalue weighted by Gasteiger charge is 2.26. The minimum absolute atomic E-state index is 0.629. The standard InChI is InChI=1S/C17H22N4/c1-3-18-17-20-15(13-8-9-13)10-16(21-17)19-11-14-7-5-4-6-12(14)2/h4-7,10,13H,3,8-9,11H2,1-2H3,(H2,18,19,20,21). The van der Waals surface area contributed by atoms with Crippen LogP contribution in [0.25, 0.3) is 0 Å². The van der Waals surface area contributed by atoms with Crippen molar-refractivity contribution in [2.45, 2.75) is 39.2 Å². The molecule has 0 spiro atoms. The number of benzene rings is 1. The molecule has 0 unspecified atom stereocenters. The first kappa shape index (κ1) is 13.9. The van der Waals surface area contributed by atoms with Gasteiger partial charge in [0.25, 0.3) is 0 Å². The molecule has 2 aromatic rings. The van der Waals surface area contributed by atoms with E-state index >= 15 is 0 Å². The van der Waals surface area contributed by atoms with Crippen LogP contribution in [-0.4, -0.2) is 16.5 Å². The topological polar surface area (TPSA) is 49.8 Å². The van der Waals surface area contributed by atoms with E-state index in [4.69, 9.17) is 0 Å². The molecule has 21 heavy (non-hydrogen) atoms. The summed E-state index contributed by atoms with van der Waals surface area (Å²) in [6.07, 6.45) is 2.50. The van der Waals surface area contributed by atoms with Crippen LogP contribution in [0, 0.1) is 6.92 Å². The van der Waals surface area contributed by atoms with Gasteiger partial charge in [0.2, 0.25) is 5.95 Å². The van der Waals surface area contributed by atoms with Gasteiger partial charge >= 0.3 is 0 Å². The predicted octanol–water partition coefficient (Wildman–Crippen LogP) is 3.71. The van der Waals surface area contributed by atoms with Gasteiger partial charge in [-0.05, 0) is 37.8 Å². The van der Waals surface area contributed by atoms with Crippen molar-refractivity contribution in [1.29, 1.82) is 0 Å². The van der Waals surface area contributed by atoms with Gasteiger partial charge in [0.15, 0.2) is 0 Å². The van der Waals surface area contributed by atoms with Gasteiger partial charge in [-0.15, -0.1) is 0 Å². The highest BCUT2D eigenvalue weighted by Crippen LogP contribution is 2.39. The molecule has 1 fully saturated rings. The Hall–Kier alpha value is -2.10. The average molecular weight is 282 g/mol. The van der Waals surface area contributed by atoms with E-state index in [2.05, 4.69) is 64.8 Å². The minimum atomic E-state index is 0.629. The third-order valence-electron chi connectivity index (χ3n) is 3.80. The van der Waals surface area contributed by atoms with Crippen LogP contribution >= 0.6 is 0 Å². The second-order valence-corrected chi connectivity index (χ2v) is 5.59. The second kappa shape index (κ2) is 6.12. The zero-order valence-corrected chi connectivity index (χ0v) is 12.7. The van der Waals surface area contributed by atoms with Crippen molar-refractivity contribution in [3.63, 3.8) is 0 Å². The summed E-state index contributed by atoms with van der Waals surface area (Å²) in [5.74, 6) is 2.27. The summed E-state index contributed by atoms with van der Waals surface area (Å²) in [4.78, 5) is 9.14. The Balaban J connectivity index is 1.76. The van der Waals surface area contributed by atoms with Gasteiger partial charge in [0.05, 0.1) is 5.69 Å². The first-order chi connectivity index (χ1) is 10.3. The summed E-state index contributed by atoms with van der Waals surface area (Å²) >= 11 is 0. The molecule has 0 saturated heterocycles. The lowest BCUT2D eigenvalue weighted by molar-refractivity contribution is 0.965. The molecule has 0 aliphatic heterocycles. The number of nitrogens with one attached hydrogen (secondary N) is 2. The molecule has 1 saturated carbocycles. The first-order valence-corrected chi connectivity index (χ1v) is 7.67. The number of aryl methyl sites for hydroxylation is 1. The minimum Gasteiger partial charge on any atom is -0.366 e. The fourth-order valence-electron chi connectivity index (χ4n) is 2.38. The van der Waals surface area contributed by atoms with E-state index in [1.165, 1.54) is 24.0 Å². The van der Waals surface area contributed by atoms with E-state index in [9.17, 15) is 0 Å². The van der Waals surface area contributed by atoms with Crippen molar-refractivity contribution in [2.24, 2.45) is 0 Å². The van der Waals surface area contributed by atoms with Gasteiger partial charge < -0.3 is 10.6 Å². The van der Waals surface area contributed by atoms with Gasteiger partial charge in [0, 0.05) is 25.1 Å². The zero-order valence-electron chi connectivity index (χ0n) is 12.7. The van der Waals surface area contributed by atoms with Crippen molar-refractivity contribution in [1.82, 2.24) is 9.97 Å². The maximum absolute atomic E-state index is 4.60. The molecule has 0 amide bonds. The number of hydrogen-bond acceptors (Lipinski definition) is 4. The van der Waals surface area contributed by atoms with Gasteiger partial charge in [-0.3, -0.25) is 0 Å². The lowest BCUT2D eigenvalue weighted by Gasteiger charge is -2.11. The summed E-state index contributed by atoms with van der Waals surface area (Å²) in [5.41, 5.74) is 3.76. The van der Waals surface area contributed by atoms with Crippen LogP contribution < -0.4 is 10.6 Å². The number of rotatable bonds is 6. The molecule has 2 N–H and O–H groups in total. The van der Waals surface area contributed by atoms with Gasteiger partial charge in [-0.25, -0.2) is 4.98 Å². The lowest BCUT2D eigenvalue weighted by Crippen LogP contribution is -2.08. The fourth-order valence-corrected chi connectivity index (χ4v) is 2.38. The highest BCUT2D eigenvalue weighted by atomic mass is 15.1. The summed E-state index contributed by atoms with van der Waals surface area (Å²) in [7, 11) is 0. The Morgan fingerprint density at radius 1 is 1.14 bits per heavy atom. The van der Waals surface area contributed by atoms with E-state index in [-0.39, 0.29) is 0 Å². The fraction of sp³-hybridized carbons (Fsp3) is 0.412. The number of hydrogen-bond donors (Lipinski definition) is 2. The molecule has 1 aromatic heterocycles. The SMILES string of the molecule is CCNc1nc(NCc2ccccc2C)cc(C2CC2)n1. The Labute approximate surface area is 126 Å². The van der Waals surface area contributed by atoms with Gasteiger partial charge in [0.1, 0.15) is 5.82 Å². The van der Waals surface area contributed by atoms with Crippen LogP contribution in [0.4, 0.5) is 11.8 Å². The smallest absolute Gasteiger partial charge is 0.224 e. The average Bonchev–Trinajstić information content (AvgIpc) is 3.31. The molecule has 4 nitrogen and oxygen atoms in total. The molecule has 110 valence electrons. The molecule has 4 heteroatoms. The maximum Gasteiger partial charge on any atom is 0.224 e. The van der Waals surface area contributed by atoms with Crippen molar-refractivity contribution in [3.8, 4) is 0 Å². The van der Waals surface area contributed by atoms with Crippen LogP contribution in [0.5, 0.6) is 0 Å². The molecule has 1 aliphatic carbocycles. The molecule has 3 rings (SSSR count). The Morgan fingerprint density at radius 2 is 1.95 bits per heavy atom. The second-order valence-electron chi connectivity index (χ2n) is 5.59. The molecule has 0 bridgehead atoms. The van der Waals surface area contributed by atoms with Crippen LogP contribution in [0.2, 0.25) is 0 Å². The predicted molar refractivity (Wildman–Crippen MR) is 86.7 cm³/mol. The van der Waals surface area contributed by atoms with Gasteiger partial charge in [-0.1, -0.05) is 24.3 Å². The summed E-state index contributed by atoms with van der Waals surface area (Å²) in [6.45, 7) is 5.83. The monoisotopic (exact) mass is 282 g/mol. The summed E-state index contributed by atoms with van der Waals surface area (Å²) in [5, 5.41) is 6.65. The normalized spacial score (nSPS) is 14.0. The van der Waals surface area contributed by atoms with Crippen molar-refractivity contribution in [2.75, 3.05) is 17.2 Å². The lowest BCUT2D eigenvalue weighted by atomic mass is 10.1. The highest BCUT2D eigenvalue weighted by molar-refractivity contribution is 5.45. The number of aromatic nitrogens is 2. The number of anilines is 2. The van der Waals surface area contributed by atoms with Crippen molar-refractivity contribution >= 4 is 11.8 Å². The van der Waals surface area contributed by atoms with E-state index in [0.717, 1.165) is 30.5 Å². The molecule has 0 atom stereocenters. The van der Waals surface area contributed by atoms with Crippen LogP contribution in [-0.2, 0) is 6.54 Å². The Bertz CT molecular complexity index is 620. The molecular weight excluding hydrogens is 260 g/mol. The molecule has 1 heterocycles. The van der Waals surface area contributed by atoms with Gasteiger partial charge in [-0.2, -0.15) is 4.98 Å². The zero-order chi connectivity index (χ0) is 14.7. The quantitative estimate of drug-likeness (QED) is 0.848. The maximum atomic E-state index is 4.60. The Morgan fingerprint density at radius 3 is 2.67 bits per heavy atom. The van der Waals surface area contributed by atoms with E-state index in [1.807, 2.05) is 0 Å². The van der Waals surface area contributed by atoms with Crippen LogP contribution in [0.1, 0.15) is 42.5 Å². The van der Waals surface area contributed by atoms with E-state index in [0.29, 0.717) is 5.92 Å². The Kier molecular flexibility index (Phi) is 4.04. The third-order valence-corrected chi connectivity index (χ3v) is 3.80. The molecular formula is C17H22N4. The largest absolute Gasteiger partial charge is 0.366 e. The van der Waals surface area contributed by atoms with E-state index in [1.54, 1.807) is 0 Å². The van der Waals surface area contributed by atoms with Crippen molar-refractivity contribution < 1.29 is 0 Å². The van der Waals surface area contributed by atoms with Crippen LogP contribution in [0.3, 0.4) is 0 Å². The first-order valence-electron chi connectivity index (χ1n) is 7.67. The summed E-state index contributed by atoms with van der Waals surface area (Å²) in [6, 6.07) is 10.5. The molecule has 1 aliphatic rings. The van der Waals surface area contributed by atoms with E-state index < -0.39 is 0 Å². The summed E-state index contributed by atoms with van der Waals surface area (Å²) < 4.78 is 0.